The molecule has 2 aromatic carbocycles. The number of aromatic amines is 1. The standard InChI is InChI=1S/C33H39ClN4O4/c1-19-16-24(17-20(2)30(19)34)42-15-7-10-26-25-8-6-9-27(29-21(3)36-37(5)22(29)4)31(25)35-32(26)33(41)38-13-11-23(12-14-38)18-28(39)40/h6,8-9,16-17,23,35H,7,10-15,18H2,1-5H3,(H,39,40). The highest BCUT2D eigenvalue weighted by atomic mass is 35.5. The van der Waals surface area contributed by atoms with Gasteiger partial charge in [-0.05, 0) is 88.1 Å². The van der Waals surface area contributed by atoms with Crippen LogP contribution in [-0.2, 0) is 18.3 Å². The molecule has 0 unspecified atom stereocenters. The Morgan fingerprint density at radius 3 is 2.43 bits per heavy atom. The Hall–Kier alpha value is -3.78. The molecule has 3 heterocycles. The zero-order chi connectivity index (χ0) is 30.1. The maximum Gasteiger partial charge on any atom is 0.303 e. The van der Waals surface area contributed by atoms with Gasteiger partial charge in [0.05, 0.1) is 17.8 Å². The highest BCUT2D eigenvalue weighted by Gasteiger charge is 2.29. The van der Waals surface area contributed by atoms with Crippen molar-refractivity contribution in [3.63, 3.8) is 0 Å². The second-order valence-electron chi connectivity index (χ2n) is 11.5. The van der Waals surface area contributed by atoms with Crippen LogP contribution < -0.4 is 4.74 Å². The van der Waals surface area contributed by atoms with Crippen molar-refractivity contribution in [3.05, 3.63) is 69.1 Å². The molecular weight excluding hydrogens is 552 g/mol. The Morgan fingerprint density at radius 2 is 1.81 bits per heavy atom. The smallest absolute Gasteiger partial charge is 0.303 e. The van der Waals surface area contributed by atoms with E-state index in [-0.39, 0.29) is 18.2 Å². The summed E-state index contributed by atoms with van der Waals surface area (Å²) in [6.07, 6.45) is 2.93. The molecule has 1 saturated heterocycles. The van der Waals surface area contributed by atoms with E-state index in [4.69, 9.17) is 16.3 Å². The number of H-pyrrole nitrogens is 1. The van der Waals surface area contributed by atoms with E-state index < -0.39 is 5.97 Å². The van der Waals surface area contributed by atoms with Crippen LogP contribution in [0, 0.1) is 33.6 Å². The monoisotopic (exact) mass is 590 g/mol. The number of piperidine rings is 1. The molecule has 0 aliphatic carbocycles. The number of amides is 1. The van der Waals surface area contributed by atoms with Crippen LogP contribution in [-0.4, -0.2) is 56.3 Å². The van der Waals surface area contributed by atoms with Gasteiger partial charge in [-0.15, -0.1) is 0 Å². The number of fused-ring (bicyclic) bond motifs is 1. The van der Waals surface area contributed by atoms with E-state index in [0.717, 1.165) is 67.3 Å². The number of carbonyl (C=O) groups is 2. The molecule has 1 aliphatic heterocycles. The number of carbonyl (C=O) groups excluding carboxylic acids is 1. The lowest BCUT2D eigenvalue weighted by Gasteiger charge is -2.31. The summed E-state index contributed by atoms with van der Waals surface area (Å²) in [7, 11) is 1.94. The second kappa shape index (κ2) is 12.2. The number of ether oxygens (including phenoxy) is 1. The molecule has 9 heteroatoms. The summed E-state index contributed by atoms with van der Waals surface area (Å²) >= 11 is 6.33. The number of carboxylic acids is 1. The highest BCUT2D eigenvalue weighted by Crippen LogP contribution is 2.36. The normalized spacial score (nSPS) is 14.1. The summed E-state index contributed by atoms with van der Waals surface area (Å²) in [5.41, 5.74) is 8.58. The average Bonchev–Trinajstić information content (AvgIpc) is 3.44. The van der Waals surface area contributed by atoms with E-state index >= 15 is 0 Å². The maximum atomic E-state index is 14.0. The molecule has 5 rings (SSSR count). The summed E-state index contributed by atoms with van der Waals surface area (Å²) in [5.74, 6) is 0.0793. The largest absolute Gasteiger partial charge is 0.494 e. The number of nitrogens with one attached hydrogen (secondary N) is 1. The number of carboxylic acid groups (broad SMARTS) is 1. The fraction of sp³-hybridized carbons (Fsp3) is 0.424. The number of aliphatic carboxylic acids is 1. The van der Waals surface area contributed by atoms with Crippen LogP contribution >= 0.6 is 11.6 Å². The first kappa shape index (κ1) is 29.7. The van der Waals surface area contributed by atoms with Gasteiger partial charge in [-0.25, -0.2) is 0 Å². The predicted octanol–water partition coefficient (Wildman–Crippen LogP) is 6.79. The number of rotatable bonds is 9. The van der Waals surface area contributed by atoms with Crippen molar-refractivity contribution in [2.45, 2.75) is 59.8 Å². The maximum absolute atomic E-state index is 14.0. The first-order valence-electron chi connectivity index (χ1n) is 14.6. The van der Waals surface area contributed by atoms with Crippen molar-refractivity contribution in [2.75, 3.05) is 19.7 Å². The third-order valence-corrected chi connectivity index (χ3v) is 9.14. The van der Waals surface area contributed by atoms with Crippen LogP contribution in [0.3, 0.4) is 0 Å². The first-order valence-corrected chi connectivity index (χ1v) is 15.0. The molecule has 0 spiro atoms. The zero-order valence-corrected chi connectivity index (χ0v) is 25.8. The Kier molecular flexibility index (Phi) is 8.64. The Morgan fingerprint density at radius 1 is 1.12 bits per heavy atom. The molecule has 4 aromatic rings. The molecule has 0 radical (unpaired) electrons. The van der Waals surface area contributed by atoms with Gasteiger partial charge in [0.15, 0.2) is 0 Å². The van der Waals surface area contributed by atoms with Gasteiger partial charge in [0.1, 0.15) is 11.4 Å². The Bertz CT molecular complexity index is 1620. The Labute approximate surface area is 251 Å². The minimum Gasteiger partial charge on any atom is -0.494 e. The van der Waals surface area contributed by atoms with Gasteiger partial charge in [0, 0.05) is 53.8 Å². The van der Waals surface area contributed by atoms with Crippen LogP contribution in [0.5, 0.6) is 5.75 Å². The topological polar surface area (TPSA) is 100 Å². The van der Waals surface area contributed by atoms with Gasteiger partial charge in [0.2, 0.25) is 0 Å². The second-order valence-corrected chi connectivity index (χ2v) is 11.9. The first-order chi connectivity index (χ1) is 20.0. The molecule has 1 fully saturated rings. The fourth-order valence-corrected chi connectivity index (χ4v) is 6.37. The molecule has 2 N–H and O–H groups in total. The van der Waals surface area contributed by atoms with Crippen LogP contribution in [0.1, 0.15) is 64.2 Å². The van der Waals surface area contributed by atoms with Gasteiger partial charge in [-0.1, -0.05) is 29.8 Å². The molecule has 0 saturated carbocycles. The third-order valence-electron chi connectivity index (χ3n) is 8.55. The number of aromatic nitrogens is 3. The van der Waals surface area contributed by atoms with E-state index in [0.29, 0.717) is 44.7 Å². The van der Waals surface area contributed by atoms with Crippen LogP contribution in [0.15, 0.2) is 30.3 Å². The summed E-state index contributed by atoms with van der Waals surface area (Å²) in [6.45, 7) is 9.62. The van der Waals surface area contributed by atoms with Crippen LogP contribution in [0.4, 0.5) is 0 Å². The van der Waals surface area contributed by atoms with Crippen molar-refractivity contribution in [2.24, 2.45) is 13.0 Å². The quantitative estimate of drug-likeness (QED) is 0.209. The molecule has 1 amide bonds. The zero-order valence-electron chi connectivity index (χ0n) is 25.0. The van der Waals surface area contributed by atoms with Gasteiger partial charge >= 0.3 is 5.97 Å². The number of likely N-dealkylation sites (tertiary alicyclic amines) is 1. The van der Waals surface area contributed by atoms with E-state index in [2.05, 4.69) is 29.1 Å². The summed E-state index contributed by atoms with van der Waals surface area (Å²) in [4.78, 5) is 30.6. The van der Waals surface area contributed by atoms with Crippen molar-refractivity contribution < 1.29 is 19.4 Å². The van der Waals surface area contributed by atoms with E-state index in [9.17, 15) is 14.7 Å². The number of halogens is 1. The van der Waals surface area contributed by atoms with E-state index in [1.165, 1.54) is 0 Å². The molecule has 0 bridgehead atoms. The van der Waals surface area contributed by atoms with Crippen molar-refractivity contribution in [3.8, 4) is 16.9 Å². The third kappa shape index (κ3) is 5.91. The van der Waals surface area contributed by atoms with Crippen LogP contribution in [0.2, 0.25) is 5.02 Å². The summed E-state index contributed by atoms with van der Waals surface area (Å²) in [5, 5.41) is 15.6. The minimum atomic E-state index is -0.780. The highest BCUT2D eigenvalue weighted by molar-refractivity contribution is 6.32. The number of hydrogen-bond acceptors (Lipinski definition) is 4. The van der Waals surface area contributed by atoms with Gasteiger partial charge < -0.3 is 19.7 Å². The molecule has 222 valence electrons. The molecule has 2 aromatic heterocycles. The summed E-state index contributed by atoms with van der Waals surface area (Å²) < 4.78 is 7.98. The molecule has 8 nitrogen and oxygen atoms in total. The fourth-order valence-electron chi connectivity index (χ4n) is 6.26. The Balaban J connectivity index is 1.45. The number of para-hydroxylation sites is 1. The van der Waals surface area contributed by atoms with Crippen molar-refractivity contribution in [1.82, 2.24) is 19.7 Å². The number of benzene rings is 2. The molecular formula is C33H39ClN4O4. The van der Waals surface area contributed by atoms with Crippen molar-refractivity contribution in [1.29, 1.82) is 0 Å². The lowest BCUT2D eigenvalue weighted by Crippen LogP contribution is -2.39. The van der Waals surface area contributed by atoms with Gasteiger partial charge in [-0.3, -0.25) is 14.3 Å². The lowest BCUT2D eigenvalue weighted by molar-refractivity contribution is -0.138. The number of aryl methyl sites for hydroxylation is 5. The molecule has 0 atom stereocenters. The average molecular weight is 591 g/mol. The summed E-state index contributed by atoms with van der Waals surface area (Å²) in [6, 6.07) is 10.1. The predicted molar refractivity (Wildman–Crippen MR) is 166 cm³/mol. The molecule has 1 aliphatic rings. The number of hydrogen-bond donors (Lipinski definition) is 2. The number of nitrogens with zero attached hydrogens (tertiary/aromatic N) is 3. The van der Waals surface area contributed by atoms with Gasteiger partial charge in [-0.2, -0.15) is 5.10 Å². The lowest BCUT2D eigenvalue weighted by atomic mass is 9.93. The van der Waals surface area contributed by atoms with Gasteiger partial charge in [0.25, 0.3) is 5.91 Å². The SMILES string of the molecule is Cc1cc(OCCCc2c(C(=O)N3CCC(CC(=O)O)CC3)[nH]c3c(-c4c(C)nn(C)c4C)cccc23)cc(C)c1Cl. The van der Waals surface area contributed by atoms with Crippen molar-refractivity contribution >= 4 is 34.4 Å². The minimum absolute atomic E-state index is 0.0366. The van der Waals surface area contributed by atoms with E-state index in [1.54, 1.807) is 0 Å². The van der Waals surface area contributed by atoms with Crippen LogP contribution in [0.25, 0.3) is 22.0 Å². The molecule has 42 heavy (non-hydrogen) atoms. The van der Waals surface area contributed by atoms with E-state index in [1.807, 2.05) is 55.6 Å².